The van der Waals surface area contributed by atoms with Crippen molar-refractivity contribution in [2.75, 3.05) is 0 Å². The number of aliphatic carboxylic acids is 1. The molecule has 2 rings (SSSR count). The Kier molecular flexibility index (Phi) is 6.70. The summed E-state index contributed by atoms with van der Waals surface area (Å²) in [6, 6.07) is 8.40. The van der Waals surface area contributed by atoms with E-state index in [0.29, 0.717) is 5.92 Å². The summed E-state index contributed by atoms with van der Waals surface area (Å²) < 4.78 is 0. The minimum Gasteiger partial charge on any atom is -0.478 e. The highest BCUT2D eigenvalue weighted by molar-refractivity contribution is 5.85. The first kappa shape index (κ1) is 16.8. The van der Waals surface area contributed by atoms with Crippen LogP contribution in [0.2, 0.25) is 0 Å². The number of hydrogen-bond donors (Lipinski definition) is 1. The molecule has 1 fully saturated rings. The third-order valence-corrected chi connectivity index (χ3v) is 4.89. The van der Waals surface area contributed by atoms with Gasteiger partial charge in [-0.1, -0.05) is 56.9 Å². The van der Waals surface area contributed by atoms with Crippen molar-refractivity contribution in [2.45, 2.75) is 64.2 Å². The zero-order valence-electron chi connectivity index (χ0n) is 13.6. The lowest BCUT2D eigenvalue weighted by Crippen LogP contribution is -2.13. The van der Waals surface area contributed by atoms with Gasteiger partial charge in [0.05, 0.1) is 0 Å². The Morgan fingerprint density at radius 3 is 2.41 bits per heavy atom. The molecule has 1 aliphatic rings. The molecule has 0 bridgehead atoms. The zero-order valence-corrected chi connectivity index (χ0v) is 13.6. The van der Waals surface area contributed by atoms with Crippen molar-refractivity contribution in [2.24, 2.45) is 5.92 Å². The Morgan fingerprint density at radius 2 is 1.82 bits per heavy atom. The lowest BCUT2D eigenvalue weighted by Gasteiger charge is -2.29. The highest BCUT2D eigenvalue weighted by Crippen LogP contribution is 2.37. The van der Waals surface area contributed by atoms with E-state index in [2.05, 4.69) is 19.1 Å². The number of unbranched alkanes of at least 4 members (excludes halogenated alkanes) is 2. The Labute approximate surface area is 134 Å². The van der Waals surface area contributed by atoms with Gasteiger partial charge in [0.15, 0.2) is 0 Å². The van der Waals surface area contributed by atoms with Crippen LogP contribution in [0.4, 0.5) is 0 Å². The highest BCUT2D eigenvalue weighted by atomic mass is 16.4. The summed E-state index contributed by atoms with van der Waals surface area (Å²) in [7, 11) is 0. The van der Waals surface area contributed by atoms with E-state index >= 15 is 0 Å². The molecule has 0 aromatic heterocycles. The molecule has 1 aromatic rings. The first-order valence-corrected chi connectivity index (χ1v) is 8.70. The summed E-state index contributed by atoms with van der Waals surface area (Å²) in [5.74, 6) is 0.742. The van der Waals surface area contributed by atoms with Gasteiger partial charge in [-0.15, -0.1) is 0 Å². The van der Waals surface area contributed by atoms with E-state index in [1.165, 1.54) is 63.0 Å². The van der Waals surface area contributed by atoms with E-state index in [-0.39, 0.29) is 0 Å². The van der Waals surface area contributed by atoms with E-state index in [0.717, 1.165) is 11.5 Å². The molecule has 1 saturated carbocycles. The van der Waals surface area contributed by atoms with Crippen molar-refractivity contribution >= 4 is 12.0 Å². The van der Waals surface area contributed by atoms with Crippen LogP contribution in [0.5, 0.6) is 0 Å². The van der Waals surface area contributed by atoms with Crippen LogP contribution < -0.4 is 0 Å². The second kappa shape index (κ2) is 8.77. The molecule has 0 amide bonds. The molecule has 0 radical (unpaired) electrons. The first-order chi connectivity index (χ1) is 10.7. The predicted octanol–water partition coefficient (Wildman–Crippen LogP) is 5.64. The van der Waals surface area contributed by atoms with Gasteiger partial charge >= 0.3 is 5.97 Å². The average molecular weight is 300 g/mol. The van der Waals surface area contributed by atoms with Crippen LogP contribution in [0.25, 0.3) is 6.08 Å². The molecule has 1 aromatic carbocycles. The van der Waals surface area contributed by atoms with Crippen LogP contribution in [0.3, 0.4) is 0 Å². The Bertz CT molecular complexity index is 479. The van der Waals surface area contributed by atoms with E-state index in [9.17, 15) is 4.79 Å². The number of benzene rings is 1. The summed E-state index contributed by atoms with van der Waals surface area (Å²) in [6.07, 6.45) is 13.7. The van der Waals surface area contributed by atoms with Crippen molar-refractivity contribution in [1.29, 1.82) is 0 Å². The lowest BCUT2D eigenvalue weighted by molar-refractivity contribution is -0.131. The maximum absolute atomic E-state index is 10.5. The van der Waals surface area contributed by atoms with Crippen LogP contribution in [0, 0.1) is 5.92 Å². The van der Waals surface area contributed by atoms with Crippen molar-refractivity contribution in [3.8, 4) is 0 Å². The van der Waals surface area contributed by atoms with Crippen molar-refractivity contribution in [3.63, 3.8) is 0 Å². The van der Waals surface area contributed by atoms with Gasteiger partial charge in [-0.3, -0.25) is 0 Å². The number of rotatable bonds is 7. The van der Waals surface area contributed by atoms with Crippen LogP contribution in [0.15, 0.2) is 30.3 Å². The summed E-state index contributed by atoms with van der Waals surface area (Å²) in [5.41, 5.74) is 2.37. The third kappa shape index (κ3) is 5.32. The molecule has 22 heavy (non-hydrogen) atoms. The molecule has 0 saturated heterocycles. The molecule has 0 unspecified atom stereocenters. The first-order valence-electron chi connectivity index (χ1n) is 8.70. The summed E-state index contributed by atoms with van der Waals surface area (Å²) in [4.78, 5) is 10.5. The van der Waals surface area contributed by atoms with Gasteiger partial charge in [0.25, 0.3) is 0 Å². The number of carboxylic acid groups (broad SMARTS) is 1. The van der Waals surface area contributed by atoms with Gasteiger partial charge in [-0.2, -0.15) is 0 Å². The molecule has 2 heteroatoms. The molecular weight excluding hydrogens is 272 g/mol. The maximum atomic E-state index is 10.5. The minimum atomic E-state index is -0.898. The van der Waals surface area contributed by atoms with Gasteiger partial charge in [-0.05, 0) is 54.7 Å². The Morgan fingerprint density at radius 1 is 1.14 bits per heavy atom. The van der Waals surface area contributed by atoms with Crippen molar-refractivity contribution in [3.05, 3.63) is 41.5 Å². The molecule has 0 spiro atoms. The standard InChI is InChI=1S/C20H28O2/c1-2-3-4-5-16-6-11-18(12-7-16)19-13-8-17(9-14-19)10-15-20(21)22/h8-10,13-16,18H,2-7,11-12H2,1H3,(H,21,22)/t16-,18-. The van der Waals surface area contributed by atoms with Crippen LogP contribution in [0.1, 0.15) is 75.3 Å². The summed E-state index contributed by atoms with van der Waals surface area (Å²) in [5, 5.41) is 8.65. The van der Waals surface area contributed by atoms with Crippen molar-refractivity contribution in [1.82, 2.24) is 0 Å². The van der Waals surface area contributed by atoms with E-state index in [4.69, 9.17) is 5.11 Å². The molecule has 2 nitrogen and oxygen atoms in total. The van der Waals surface area contributed by atoms with Crippen LogP contribution >= 0.6 is 0 Å². The highest BCUT2D eigenvalue weighted by Gasteiger charge is 2.21. The predicted molar refractivity (Wildman–Crippen MR) is 92.0 cm³/mol. The summed E-state index contributed by atoms with van der Waals surface area (Å²) >= 11 is 0. The van der Waals surface area contributed by atoms with E-state index in [1.54, 1.807) is 6.08 Å². The smallest absolute Gasteiger partial charge is 0.328 e. The zero-order chi connectivity index (χ0) is 15.8. The monoisotopic (exact) mass is 300 g/mol. The van der Waals surface area contributed by atoms with Crippen LogP contribution in [-0.2, 0) is 4.79 Å². The number of carbonyl (C=O) groups is 1. The fourth-order valence-corrected chi connectivity index (χ4v) is 3.51. The molecule has 0 heterocycles. The molecule has 1 N–H and O–H groups in total. The van der Waals surface area contributed by atoms with Gasteiger partial charge < -0.3 is 5.11 Å². The van der Waals surface area contributed by atoms with E-state index < -0.39 is 5.97 Å². The largest absolute Gasteiger partial charge is 0.478 e. The lowest BCUT2D eigenvalue weighted by atomic mass is 9.77. The van der Waals surface area contributed by atoms with Gasteiger partial charge in [0.2, 0.25) is 0 Å². The van der Waals surface area contributed by atoms with Gasteiger partial charge in [-0.25, -0.2) is 4.79 Å². The molecule has 120 valence electrons. The maximum Gasteiger partial charge on any atom is 0.328 e. The quantitative estimate of drug-likeness (QED) is 0.522. The normalized spacial score (nSPS) is 22.0. The number of hydrogen-bond acceptors (Lipinski definition) is 1. The number of carboxylic acids is 1. The molecule has 1 aliphatic carbocycles. The van der Waals surface area contributed by atoms with Gasteiger partial charge in [0, 0.05) is 6.08 Å². The second-order valence-electron chi connectivity index (χ2n) is 6.55. The van der Waals surface area contributed by atoms with E-state index in [1.807, 2.05) is 12.1 Å². The summed E-state index contributed by atoms with van der Waals surface area (Å²) in [6.45, 7) is 2.27. The second-order valence-corrected chi connectivity index (χ2v) is 6.55. The molecular formula is C20H28O2. The Hall–Kier alpha value is -1.57. The van der Waals surface area contributed by atoms with Gasteiger partial charge in [0.1, 0.15) is 0 Å². The van der Waals surface area contributed by atoms with Crippen molar-refractivity contribution < 1.29 is 9.90 Å². The van der Waals surface area contributed by atoms with Crippen LogP contribution in [-0.4, -0.2) is 11.1 Å². The Balaban J connectivity index is 1.82. The third-order valence-electron chi connectivity index (χ3n) is 4.89. The molecule has 0 atom stereocenters. The molecule has 0 aliphatic heterocycles. The fourth-order valence-electron chi connectivity index (χ4n) is 3.51. The topological polar surface area (TPSA) is 37.3 Å². The fraction of sp³-hybridized carbons (Fsp3) is 0.550. The SMILES string of the molecule is CCCCC[C@H]1CC[C@H](c2ccc(C=CC(=O)O)cc2)CC1. The average Bonchev–Trinajstić information content (AvgIpc) is 2.54. The minimum absolute atomic E-state index is 0.694.